The van der Waals surface area contributed by atoms with Crippen molar-refractivity contribution in [3.8, 4) is 0 Å². The number of nitrogens with zero attached hydrogens (tertiary/aromatic N) is 4. The van der Waals surface area contributed by atoms with Crippen LogP contribution in [0.3, 0.4) is 0 Å². The Kier molecular flexibility index (Phi) is 8.64. The predicted octanol–water partition coefficient (Wildman–Crippen LogP) is 0.461. The number of halogens is 1. The first-order valence-electron chi connectivity index (χ1n) is 7.08. The van der Waals surface area contributed by atoms with Gasteiger partial charge >= 0.3 is 0 Å². The molecule has 0 amide bonds. The summed E-state index contributed by atoms with van der Waals surface area (Å²) in [7, 11) is 3.46. The number of guanidine groups is 1. The van der Waals surface area contributed by atoms with Crippen LogP contribution in [0.25, 0.3) is 0 Å². The molecular weight excluding hydrogens is 401 g/mol. The molecule has 0 radical (unpaired) electrons. The summed E-state index contributed by atoms with van der Waals surface area (Å²) in [6.07, 6.45) is 0.756. The van der Waals surface area contributed by atoms with E-state index in [1.807, 2.05) is 6.92 Å². The van der Waals surface area contributed by atoms with Gasteiger partial charge in [0.25, 0.3) is 0 Å². The molecule has 1 aromatic rings. The first-order valence-corrected chi connectivity index (χ1v) is 7.08. The maximum Gasteiger partial charge on any atom is 0.228 e. The summed E-state index contributed by atoms with van der Waals surface area (Å²) in [6.45, 7) is 5.36. The summed E-state index contributed by atoms with van der Waals surface area (Å²) in [5, 5.41) is 7.08. The maximum atomic E-state index is 5.64. The molecule has 1 aliphatic rings. The minimum atomic E-state index is 0. The standard InChI is InChI=1S/C13H23N5O3.HI/c1-10-16-12(21-17-10)4-5-15-13(14-2)18-6-7-20-11(8-18)9-19-3;/h11H,4-9H2,1-3H3,(H,14,15);1H. The number of ether oxygens (including phenoxy) is 2. The molecular formula is C13H24IN5O3. The second kappa shape index (κ2) is 9.95. The molecule has 1 fully saturated rings. The third-order valence-electron chi connectivity index (χ3n) is 3.19. The van der Waals surface area contributed by atoms with E-state index in [9.17, 15) is 0 Å². The van der Waals surface area contributed by atoms with Crippen LogP contribution in [0.2, 0.25) is 0 Å². The number of aromatic nitrogens is 2. The van der Waals surface area contributed by atoms with E-state index in [-0.39, 0.29) is 30.1 Å². The SMILES string of the molecule is CN=C(NCCc1nc(C)no1)N1CCOC(COC)C1.I. The maximum absolute atomic E-state index is 5.64. The molecule has 0 saturated carbocycles. The van der Waals surface area contributed by atoms with Crippen molar-refractivity contribution in [2.45, 2.75) is 19.4 Å². The van der Waals surface area contributed by atoms with Crippen LogP contribution in [0.15, 0.2) is 9.52 Å². The molecule has 22 heavy (non-hydrogen) atoms. The highest BCUT2D eigenvalue weighted by molar-refractivity contribution is 14.0. The van der Waals surface area contributed by atoms with Crippen LogP contribution >= 0.6 is 24.0 Å². The Bertz CT molecular complexity index is 466. The van der Waals surface area contributed by atoms with E-state index >= 15 is 0 Å². The first kappa shape index (κ1) is 19.1. The quantitative estimate of drug-likeness (QED) is 0.417. The molecule has 1 N–H and O–H groups in total. The number of aryl methyl sites for hydroxylation is 1. The van der Waals surface area contributed by atoms with Gasteiger partial charge in [0.05, 0.1) is 19.3 Å². The average molecular weight is 425 g/mol. The Labute approximate surface area is 147 Å². The normalized spacial score (nSPS) is 19.0. The molecule has 1 aromatic heterocycles. The largest absolute Gasteiger partial charge is 0.382 e. The highest BCUT2D eigenvalue weighted by Crippen LogP contribution is 2.06. The first-order chi connectivity index (χ1) is 10.2. The lowest BCUT2D eigenvalue weighted by atomic mass is 10.3. The van der Waals surface area contributed by atoms with Gasteiger partial charge in [-0.05, 0) is 6.92 Å². The number of hydrogen-bond acceptors (Lipinski definition) is 6. The summed E-state index contributed by atoms with van der Waals surface area (Å²) in [5.74, 6) is 2.15. The van der Waals surface area contributed by atoms with Gasteiger partial charge in [-0.25, -0.2) is 0 Å². The van der Waals surface area contributed by atoms with E-state index in [4.69, 9.17) is 14.0 Å². The molecule has 126 valence electrons. The number of hydrogen-bond donors (Lipinski definition) is 1. The smallest absolute Gasteiger partial charge is 0.228 e. The lowest BCUT2D eigenvalue weighted by Crippen LogP contribution is -2.51. The van der Waals surface area contributed by atoms with E-state index in [1.165, 1.54) is 0 Å². The van der Waals surface area contributed by atoms with Crippen LogP contribution in [0, 0.1) is 6.92 Å². The fourth-order valence-corrected chi connectivity index (χ4v) is 2.25. The molecule has 1 saturated heterocycles. The lowest BCUT2D eigenvalue weighted by Gasteiger charge is -2.34. The molecule has 0 spiro atoms. The van der Waals surface area contributed by atoms with Crippen molar-refractivity contribution in [2.24, 2.45) is 4.99 Å². The zero-order valence-corrected chi connectivity index (χ0v) is 15.6. The van der Waals surface area contributed by atoms with Gasteiger partial charge < -0.3 is 24.2 Å². The van der Waals surface area contributed by atoms with E-state index in [1.54, 1.807) is 14.2 Å². The Morgan fingerprint density at radius 2 is 2.36 bits per heavy atom. The molecule has 2 rings (SSSR count). The van der Waals surface area contributed by atoms with Gasteiger partial charge in [-0.15, -0.1) is 24.0 Å². The zero-order valence-electron chi connectivity index (χ0n) is 13.2. The fourth-order valence-electron chi connectivity index (χ4n) is 2.25. The molecule has 1 atom stereocenters. The van der Waals surface area contributed by atoms with Crippen molar-refractivity contribution in [3.05, 3.63) is 11.7 Å². The minimum Gasteiger partial charge on any atom is -0.382 e. The second-order valence-electron chi connectivity index (χ2n) is 4.85. The predicted molar refractivity (Wildman–Crippen MR) is 92.7 cm³/mol. The van der Waals surface area contributed by atoms with Gasteiger partial charge in [-0.1, -0.05) is 5.16 Å². The number of morpholine rings is 1. The van der Waals surface area contributed by atoms with E-state index in [0.717, 1.165) is 19.0 Å². The topological polar surface area (TPSA) is 85.0 Å². The Morgan fingerprint density at radius 1 is 1.55 bits per heavy atom. The van der Waals surface area contributed by atoms with Crippen molar-refractivity contribution in [1.82, 2.24) is 20.4 Å². The molecule has 1 unspecified atom stereocenters. The summed E-state index contributed by atoms with van der Waals surface area (Å²) < 4.78 is 15.9. The Balaban J connectivity index is 0.00000242. The third kappa shape index (κ3) is 5.69. The fraction of sp³-hybridized carbons (Fsp3) is 0.769. The van der Waals surface area contributed by atoms with Gasteiger partial charge in [-0.3, -0.25) is 4.99 Å². The van der Waals surface area contributed by atoms with Crippen LogP contribution in [0.5, 0.6) is 0 Å². The van der Waals surface area contributed by atoms with Gasteiger partial charge in [-0.2, -0.15) is 4.98 Å². The molecule has 1 aliphatic heterocycles. The summed E-state index contributed by atoms with van der Waals surface area (Å²) >= 11 is 0. The van der Waals surface area contributed by atoms with Gasteiger partial charge in [0.15, 0.2) is 11.8 Å². The van der Waals surface area contributed by atoms with Crippen LogP contribution in [-0.4, -0.2) is 74.1 Å². The zero-order chi connectivity index (χ0) is 15.1. The number of aliphatic imine (C=N–C) groups is 1. The molecule has 2 heterocycles. The van der Waals surface area contributed by atoms with Gasteiger partial charge in [0.1, 0.15) is 0 Å². The molecule has 0 bridgehead atoms. The van der Waals surface area contributed by atoms with Crippen LogP contribution in [0.1, 0.15) is 11.7 Å². The molecule has 0 aromatic carbocycles. The van der Waals surface area contributed by atoms with Crippen molar-refractivity contribution in [1.29, 1.82) is 0 Å². The van der Waals surface area contributed by atoms with Crippen LogP contribution in [0.4, 0.5) is 0 Å². The van der Waals surface area contributed by atoms with Crippen molar-refractivity contribution in [2.75, 3.05) is 47.0 Å². The monoisotopic (exact) mass is 425 g/mol. The minimum absolute atomic E-state index is 0. The van der Waals surface area contributed by atoms with E-state index < -0.39 is 0 Å². The van der Waals surface area contributed by atoms with Crippen molar-refractivity contribution < 1.29 is 14.0 Å². The Hall–Kier alpha value is -0.940. The van der Waals surface area contributed by atoms with Crippen LogP contribution in [-0.2, 0) is 15.9 Å². The summed E-state index contributed by atoms with van der Waals surface area (Å²) in [4.78, 5) is 10.7. The highest BCUT2D eigenvalue weighted by Gasteiger charge is 2.22. The highest BCUT2D eigenvalue weighted by atomic mass is 127. The molecule has 9 heteroatoms. The van der Waals surface area contributed by atoms with E-state index in [2.05, 4.69) is 25.3 Å². The molecule has 0 aliphatic carbocycles. The summed E-state index contributed by atoms with van der Waals surface area (Å²) in [5.41, 5.74) is 0. The van der Waals surface area contributed by atoms with Gasteiger partial charge in [0.2, 0.25) is 5.89 Å². The van der Waals surface area contributed by atoms with Gasteiger partial charge in [0, 0.05) is 40.2 Å². The molecule has 8 nitrogen and oxygen atoms in total. The number of rotatable bonds is 5. The summed E-state index contributed by atoms with van der Waals surface area (Å²) in [6, 6.07) is 0. The van der Waals surface area contributed by atoms with E-state index in [0.29, 0.717) is 37.9 Å². The Morgan fingerprint density at radius 3 is 3.00 bits per heavy atom. The van der Waals surface area contributed by atoms with Crippen molar-refractivity contribution in [3.63, 3.8) is 0 Å². The number of nitrogens with one attached hydrogen (secondary N) is 1. The third-order valence-corrected chi connectivity index (χ3v) is 3.19. The lowest BCUT2D eigenvalue weighted by molar-refractivity contribution is -0.0447. The van der Waals surface area contributed by atoms with Crippen LogP contribution < -0.4 is 5.32 Å². The number of methoxy groups -OCH3 is 1. The average Bonchev–Trinajstić information content (AvgIpc) is 2.90. The second-order valence-corrected chi connectivity index (χ2v) is 4.85. The van der Waals surface area contributed by atoms with Crippen molar-refractivity contribution >= 4 is 29.9 Å².